The van der Waals surface area contributed by atoms with Crippen molar-refractivity contribution in [2.75, 3.05) is 0 Å². The van der Waals surface area contributed by atoms with Gasteiger partial charge in [-0.2, -0.15) is 0 Å². The van der Waals surface area contributed by atoms with Gasteiger partial charge in [0, 0.05) is 33.3 Å². The zero-order chi connectivity index (χ0) is 43.1. The lowest BCUT2D eigenvalue weighted by atomic mass is 9.74. The second-order valence-electron chi connectivity index (χ2n) is 19.9. The molecule has 2 fully saturated rings. The Morgan fingerprint density at radius 1 is 0.500 bits per heavy atom. The third-order valence-corrected chi connectivity index (χ3v) is 26.0. The Kier molecular flexibility index (Phi) is 13.0. The van der Waals surface area contributed by atoms with Crippen LogP contribution in [-0.2, 0) is 18.4 Å². The van der Waals surface area contributed by atoms with Crippen molar-refractivity contribution < 1.29 is 18.4 Å². The van der Waals surface area contributed by atoms with Gasteiger partial charge in [-0.25, -0.2) is 0 Å². The number of carbonyl (C=O) groups excluding carboxylic acids is 2. The van der Waals surface area contributed by atoms with Crippen LogP contribution in [0.15, 0.2) is 145 Å². The van der Waals surface area contributed by atoms with Crippen LogP contribution in [0.25, 0.3) is 0 Å². The molecule has 8 heteroatoms. The van der Waals surface area contributed by atoms with E-state index in [1.54, 1.807) is 0 Å². The summed E-state index contributed by atoms with van der Waals surface area (Å²) in [5, 5.41) is 5.13. The SMILES string of the molecule is CC(C)(C)[Si](O[C@H]1C[C@@H](Br)C2=CC(=O)CC[C@@]21C)(c1ccccc1)c1ccccc1.CC(C)(C)[Si](O[C@H]1C[C@H](Br)C2=CC(=O)CC[C@@]21C)(c1ccccc1)c1ccccc1. The highest BCUT2D eigenvalue weighted by Gasteiger charge is 2.59. The van der Waals surface area contributed by atoms with Gasteiger partial charge in [-0.05, 0) is 79.8 Å². The summed E-state index contributed by atoms with van der Waals surface area (Å²) >= 11 is 7.74. The van der Waals surface area contributed by atoms with Gasteiger partial charge in [0.1, 0.15) is 0 Å². The maximum absolute atomic E-state index is 12.2. The van der Waals surface area contributed by atoms with Crippen LogP contribution < -0.4 is 20.7 Å². The van der Waals surface area contributed by atoms with Gasteiger partial charge in [-0.15, -0.1) is 0 Å². The van der Waals surface area contributed by atoms with E-state index < -0.39 is 16.6 Å². The van der Waals surface area contributed by atoms with E-state index in [-0.39, 0.29) is 54.3 Å². The minimum absolute atomic E-state index is 0.0508. The molecule has 4 aromatic carbocycles. The lowest BCUT2D eigenvalue weighted by Crippen LogP contribution is -2.68. The van der Waals surface area contributed by atoms with E-state index in [1.807, 2.05) is 12.2 Å². The second kappa shape index (κ2) is 17.3. The van der Waals surface area contributed by atoms with Gasteiger partial charge in [0.15, 0.2) is 11.6 Å². The third kappa shape index (κ3) is 8.07. The molecule has 0 bridgehead atoms. The Morgan fingerprint density at radius 3 is 1.02 bits per heavy atom. The van der Waals surface area contributed by atoms with E-state index in [9.17, 15) is 9.59 Å². The highest BCUT2D eigenvalue weighted by atomic mass is 79.9. The van der Waals surface area contributed by atoms with Gasteiger partial charge in [-0.3, -0.25) is 9.59 Å². The van der Waals surface area contributed by atoms with E-state index in [0.29, 0.717) is 12.8 Å². The Bertz CT molecular complexity index is 1980. The summed E-state index contributed by atoms with van der Waals surface area (Å²) in [5.41, 5.74) is 2.24. The van der Waals surface area contributed by atoms with Crippen LogP contribution in [0.1, 0.15) is 93.9 Å². The van der Waals surface area contributed by atoms with Crippen LogP contribution in [-0.4, -0.2) is 50.1 Å². The van der Waals surface area contributed by atoms with Crippen LogP contribution in [0.5, 0.6) is 0 Å². The predicted molar refractivity (Wildman–Crippen MR) is 261 cm³/mol. The number of halogens is 2. The van der Waals surface area contributed by atoms with E-state index in [0.717, 1.165) is 25.7 Å². The number of hydrogen-bond donors (Lipinski definition) is 0. The topological polar surface area (TPSA) is 52.6 Å². The Morgan fingerprint density at radius 2 is 0.767 bits per heavy atom. The van der Waals surface area contributed by atoms with E-state index in [1.165, 1.54) is 31.9 Å². The molecule has 316 valence electrons. The monoisotopic (exact) mass is 964 g/mol. The number of hydrogen-bond acceptors (Lipinski definition) is 4. The van der Waals surface area contributed by atoms with Gasteiger partial charge in [0.05, 0.1) is 12.2 Å². The Labute approximate surface area is 378 Å². The van der Waals surface area contributed by atoms with Crippen LogP contribution in [0.2, 0.25) is 10.1 Å². The number of carbonyl (C=O) groups is 2. The molecule has 6 atom stereocenters. The summed E-state index contributed by atoms with van der Waals surface area (Å²) in [6.07, 6.45) is 8.68. The fraction of sp³-hybridized carbons (Fsp3) is 0.423. The highest BCUT2D eigenvalue weighted by Crippen LogP contribution is 2.56. The molecule has 4 nitrogen and oxygen atoms in total. The van der Waals surface area contributed by atoms with Gasteiger partial charge in [0.25, 0.3) is 16.6 Å². The summed E-state index contributed by atoms with van der Waals surface area (Å²) < 4.78 is 14.9. The summed E-state index contributed by atoms with van der Waals surface area (Å²) in [6.45, 7) is 18.5. The van der Waals surface area contributed by atoms with Gasteiger partial charge in [0.2, 0.25) is 0 Å². The van der Waals surface area contributed by atoms with Gasteiger partial charge < -0.3 is 8.85 Å². The van der Waals surface area contributed by atoms with Crippen molar-refractivity contribution in [3.63, 3.8) is 0 Å². The molecular weight excluding hydrogens is 905 g/mol. The minimum atomic E-state index is -2.62. The first kappa shape index (κ1) is 45.1. The molecule has 4 aliphatic carbocycles. The molecule has 0 heterocycles. The highest BCUT2D eigenvalue weighted by molar-refractivity contribution is 9.09. The average molecular weight is 967 g/mol. The van der Waals surface area contributed by atoms with E-state index in [4.69, 9.17) is 8.85 Å². The molecule has 2 saturated carbocycles. The molecular formula is C52H62Br2O4Si2. The van der Waals surface area contributed by atoms with Crippen molar-refractivity contribution in [3.05, 3.63) is 145 Å². The van der Waals surface area contributed by atoms with Crippen LogP contribution in [0.3, 0.4) is 0 Å². The van der Waals surface area contributed by atoms with Crippen molar-refractivity contribution in [2.24, 2.45) is 10.8 Å². The predicted octanol–water partition coefficient (Wildman–Crippen LogP) is 10.8. The first-order chi connectivity index (χ1) is 28.4. The van der Waals surface area contributed by atoms with Crippen molar-refractivity contribution >= 4 is 80.8 Å². The fourth-order valence-electron chi connectivity index (χ4n) is 10.8. The van der Waals surface area contributed by atoms with E-state index in [2.05, 4.69) is 209 Å². The number of allylic oxidation sites excluding steroid dienone is 2. The lowest BCUT2D eigenvalue weighted by Gasteiger charge is -2.48. The first-order valence-corrected chi connectivity index (χ1v) is 27.4. The van der Waals surface area contributed by atoms with Crippen LogP contribution in [0, 0.1) is 10.8 Å². The van der Waals surface area contributed by atoms with Gasteiger partial charge in [-0.1, -0.05) is 209 Å². The number of benzene rings is 4. The van der Waals surface area contributed by atoms with Crippen LogP contribution >= 0.6 is 31.9 Å². The first-order valence-electron chi connectivity index (χ1n) is 21.7. The molecule has 0 saturated heterocycles. The summed E-state index contributed by atoms with van der Waals surface area (Å²) in [7, 11) is -5.23. The number of fused-ring (bicyclic) bond motifs is 2. The molecule has 0 amide bonds. The summed E-state index contributed by atoms with van der Waals surface area (Å²) in [5.74, 6) is 0.496. The molecule has 8 rings (SSSR count). The third-order valence-electron chi connectivity index (χ3n) is 14.1. The fourth-order valence-corrected chi connectivity index (χ4v) is 22.4. The molecule has 0 unspecified atom stereocenters. The second-order valence-corrected chi connectivity index (χ2v) is 30.6. The standard InChI is InChI=1S/2C26H31BrO2Si/c2*1-25(2,3)30(20-11-7-5-8-12-20,21-13-9-6-10-14-21)29-24-18-23(27)22-17-19(28)15-16-26(22,24)4/h2*5-14,17,23-24H,15-16,18H2,1-4H3/t23-,24+,26+;23-,24-,26-/m10/s1. The molecule has 0 N–H and O–H groups in total. The Balaban J connectivity index is 0.000000181. The molecule has 60 heavy (non-hydrogen) atoms. The molecule has 0 spiro atoms. The van der Waals surface area contributed by atoms with Crippen molar-refractivity contribution in [1.82, 2.24) is 0 Å². The average Bonchev–Trinajstić information content (AvgIpc) is 3.62. The molecule has 4 aromatic rings. The minimum Gasteiger partial charge on any atom is -0.404 e. The number of rotatable bonds is 8. The van der Waals surface area contributed by atoms with Crippen molar-refractivity contribution in [3.8, 4) is 0 Å². The molecule has 0 aliphatic heterocycles. The maximum atomic E-state index is 12.2. The number of alkyl halides is 2. The maximum Gasteiger partial charge on any atom is 0.261 e. The smallest absolute Gasteiger partial charge is 0.261 e. The largest absolute Gasteiger partial charge is 0.404 e. The van der Waals surface area contributed by atoms with Gasteiger partial charge >= 0.3 is 0 Å². The Hall–Kier alpha value is -2.99. The molecule has 4 aliphatic rings. The summed E-state index contributed by atoms with van der Waals surface area (Å²) in [6, 6.07) is 43.3. The summed E-state index contributed by atoms with van der Waals surface area (Å²) in [4.78, 5) is 24.7. The zero-order valence-electron chi connectivity index (χ0n) is 36.6. The zero-order valence-corrected chi connectivity index (χ0v) is 41.8. The van der Waals surface area contributed by atoms with Crippen molar-refractivity contribution in [2.45, 2.75) is 126 Å². The number of ketones is 2. The van der Waals surface area contributed by atoms with Crippen molar-refractivity contribution in [1.29, 1.82) is 0 Å². The van der Waals surface area contributed by atoms with Crippen LogP contribution in [0.4, 0.5) is 0 Å². The normalized spacial score (nSPS) is 27.0. The van der Waals surface area contributed by atoms with E-state index >= 15 is 0 Å². The quantitative estimate of drug-likeness (QED) is 0.130. The lowest BCUT2D eigenvalue weighted by molar-refractivity contribution is -0.116. The molecule has 0 radical (unpaired) electrons. The molecule has 0 aromatic heterocycles.